The molecule has 4 heteroatoms. The van der Waals surface area contributed by atoms with Crippen molar-refractivity contribution < 1.29 is 0 Å². The fourth-order valence-corrected chi connectivity index (χ4v) is 4.96. The van der Waals surface area contributed by atoms with Crippen LogP contribution in [0.3, 0.4) is 0 Å². The summed E-state index contributed by atoms with van der Waals surface area (Å²) in [5.74, 6) is 0.679. The van der Waals surface area contributed by atoms with E-state index in [1.807, 2.05) is 0 Å². The molecular weight excluding hydrogens is 224 g/mol. The van der Waals surface area contributed by atoms with Crippen LogP contribution < -0.4 is 0 Å². The van der Waals surface area contributed by atoms with Gasteiger partial charge in [0.05, 0.1) is 35.1 Å². The van der Waals surface area contributed by atoms with Crippen molar-refractivity contribution in [2.75, 3.05) is 0 Å². The maximum atomic E-state index is 9.58. The molecule has 0 N–H and O–H groups in total. The van der Waals surface area contributed by atoms with Gasteiger partial charge in [-0.3, -0.25) is 0 Å². The Kier molecular flexibility index (Phi) is 1.87. The summed E-state index contributed by atoms with van der Waals surface area (Å²) in [6, 6.07) is 8.71. The summed E-state index contributed by atoms with van der Waals surface area (Å²) in [4.78, 5) is 0. The highest BCUT2D eigenvalue weighted by atomic mass is 14.7. The van der Waals surface area contributed by atoms with Crippen molar-refractivity contribution in [3.8, 4) is 24.3 Å². The maximum Gasteiger partial charge on any atom is 0.180 e. The third-order valence-electron chi connectivity index (χ3n) is 5.41. The first-order valence-electron chi connectivity index (χ1n) is 6.26. The molecule has 4 bridgehead atoms. The Morgan fingerprint density at radius 3 is 1.33 bits per heavy atom. The van der Waals surface area contributed by atoms with Gasteiger partial charge in [0.1, 0.15) is 0 Å². The molecule has 4 fully saturated rings. The second kappa shape index (κ2) is 3.04. The van der Waals surface area contributed by atoms with E-state index in [1.165, 1.54) is 0 Å². The first-order valence-corrected chi connectivity index (χ1v) is 6.26. The highest BCUT2D eigenvalue weighted by Gasteiger charge is 2.74. The molecule has 0 amide bonds. The molecule has 0 spiro atoms. The lowest BCUT2D eigenvalue weighted by Crippen LogP contribution is -2.63. The van der Waals surface area contributed by atoms with Gasteiger partial charge < -0.3 is 0 Å². The molecule has 0 aliphatic heterocycles. The molecule has 4 rings (SSSR count). The van der Waals surface area contributed by atoms with Crippen LogP contribution in [0.25, 0.3) is 0 Å². The number of nitrogens with zero attached hydrogens (tertiary/aromatic N) is 4. The Bertz CT molecular complexity index is 513. The van der Waals surface area contributed by atoms with Crippen molar-refractivity contribution in [3.05, 3.63) is 0 Å². The minimum Gasteiger partial charge on any atom is -0.198 e. The molecule has 0 aromatic carbocycles. The minimum absolute atomic E-state index is 0.339. The highest BCUT2D eigenvalue weighted by molar-refractivity contribution is 5.41. The number of rotatable bonds is 0. The van der Waals surface area contributed by atoms with Gasteiger partial charge in [0, 0.05) is 0 Å². The largest absolute Gasteiger partial charge is 0.198 e. The van der Waals surface area contributed by atoms with Gasteiger partial charge in [-0.2, -0.15) is 21.0 Å². The van der Waals surface area contributed by atoms with E-state index < -0.39 is 16.2 Å². The molecule has 0 saturated heterocycles. The van der Waals surface area contributed by atoms with Crippen molar-refractivity contribution in [3.63, 3.8) is 0 Å². The van der Waals surface area contributed by atoms with Gasteiger partial charge in [-0.05, 0) is 43.9 Å². The molecule has 88 valence electrons. The Morgan fingerprint density at radius 1 is 0.667 bits per heavy atom. The summed E-state index contributed by atoms with van der Waals surface area (Å²) in [5, 5.41) is 38.3. The zero-order chi connectivity index (χ0) is 13.0. The summed E-state index contributed by atoms with van der Waals surface area (Å²) in [6.45, 7) is 0. The van der Waals surface area contributed by atoms with Crippen molar-refractivity contribution in [2.45, 2.75) is 32.1 Å². The van der Waals surface area contributed by atoms with Crippen LogP contribution in [0.1, 0.15) is 32.1 Å². The second-order valence-electron chi connectivity index (χ2n) is 6.15. The summed E-state index contributed by atoms with van der Waals surface area (Å²) >= 11 is 0. The standard InChI is InChI=1S/C14H12N4/c15-6-12-2-10-1-11(4-12)5-13(3-10,7-16)14(12,8-17)9-18/h10-11H,1-5H2. The summed E-state index contributed by atoms with van der Waals surface area (Å²) in [7, 11) is 0. The second-order valence-corrected chi connectivity index (χ2v) is 6.15. The molecule has 0 unspecified atom stereocenters. The first kappa shape index (κ1) is 11.1. The third kappa shape index (κ3) is 0.868. The summed E-state index contributed by atoms with van der Waals surface area (Å²) < 4.78 is 0. The van der Waals surface area contributed by atoms with Gasteiger partial charge in [0.15, 0.2) is 5.41 Å². The molecular formula is C14H12N4. The van der Waals surface area contributed by atoms with E-state index in [9.17, 15) is 21.0 Å². The van der Waals surface area contributed by atoms with E-state index in [-0.39, 0.29) is 0 Å². The fourth-order valence-electron chi connectivity index (χ4n) is 4.96. The van der Waals surface area contributed by atoms with Crippen molar-refractivity contribution in [2.24, 2.45) is 28.1 Å². The predicted molar refractivity (Wildman–Crippen MR) is 59.8 cm³/mol. The van der Waals surface area contributed by atoms with E-state index in [2.05, 4.69) is 24.3 Å². The van der Waals surface area contributed by atoms with E-state index in [0.717, 1.165) is 6.42 Å². The molecule has 0 radical (unpaired) electrons. The van der Waals surface area contributed by atoms with Crippen LogP contribution in [0.15, 0.2) is 0 Å². The molecule has 4 aliphatic carbocycles. The van der Waals surface area contributed by atoms with E-state index >= 15 is 0 Å². The van der Waals surface area contributed by atoms with Gasteiger partial charge in [-0.15, -0.1) is 0 Å². The van der Waals surface area contributed by atoms with E-state index in [4.69, 9.17) is 0 Å². The molecule has 4 saturated carbocycles. The monoisotopic (exact) mass is 236 g/mol. The van der Waals surface area contributed by atoms with Crippen LogP contribution in [-0.2, 0) is 0 Å². The van der Waals surface area contributed by atoms with Crippen molar-refractivity contribution in [1.82, 2.24) is 0 Å². The van der Waals surface area contributed by atoms with Gasteiger partial charge in [-0.25, -0.2) is 0 Å². The van der Waals surface area contributed by atoms with Gasteiger partial charge in [-0.1, -0.05) is 0 Å². The number of nitriles is 4. The predicted octanol–water partition coefficient (Wildman–Crippen LogP) is 2.26. The third-order valence-corrected chi connectivity index (χ3v) is 5.41. The van der Waals surface area contributed by atoms with Crippen LogP contribution in [0.2, 0.25) is 0 Å². The molecule has 0 aromatic rings. The molecule has 0 aromatic heterocycles. The van der Waals surface area contributed by atoms with Gasteiger partial charge in [0.25, 0.3) is 0 Å². The van der Waals surface area contributed by atoms with Crippen LogP contribution in [0, 0.1) is 73.4 Å². The Hall–Kier alpha value is -2.04. The molecule has 0 heterocycles. The Morgan fingerprint density at radius 2 is 1.06 bits per heavy atom. The van der Waals surface area contributed by atoms with E-state index in [1.54, 1.807) is 0 Å². The molecule has 4 aliphatic rings. The van der Waals surface area contributed by atoms with Gasteiger partial charge in [0.2, 0.25) is 0 Å². The molecule has 18 heavy (non-hydrogen) atoms. The van der Waals surface area contributed by atoms with E-state index in [0.29, 0.717) is 37.5 Å². The average Bonchev–Trinajstić information content (AvgIpc) is 2.38. The Balaban J connectivity index is 2.30. The van der Waals surface area contributed by atoms with Crippen LogP contribution in [-0.4, -0.2) is 0 Å². The zero-order valence-electron chi connectivity index (χ0n) is 9.98. The average molecular weight is 236 g/mol. The van der Waals surface area contributed by atoms with Gasteiger partial charge >= 0.3 is 0 Å². The lowest BCUT2D eigenvalue weighted by molar-refractivity contribution is -0.125. The summed E-state index contributed by atoms with van der Waals surface area (Å²) in [5.41, 5.74) is -3.27. The van der Waals surface area contributed by atoms with Crippen molar-refractivity contribution in [1.29, 1.82) is 21.0 Å². The lowest BCUT2D eigenvalue weighted by atomic mass is 9.34. The maximum absolute atomic E-state index is 9.58. The number of hydrogen-bond donors (Lipinski definition) is 0. The normalized spacial score (nSPS) is 46.4. The topological polar surface area (TPSA) is 95.2 Å². The zero-order valence-corrected chi connectivity index (χ0v) is 9.98. The van der Waals surface area contributed by atoms with Crippen molar-refractivity contribution >= 4 is 0 Å². The quantitative estimate of drug-likeness (QED) is 0.644. The first-order chi connectivity index (χ1) is 8.61. The smallest absolute Gasteiger partial charge is 0.180 e. The molecule has 0 atom stereocenters. The summed E-state index contributed by atoms with van der Waals surface area (Å²) in [6.07, 6.45) is 3.52. The minimum atomic E-state index is -1.43. The lowest BCUT2D eigenvalue weighted by Gasteiger charge is -2.62. The van der Waals surface area contributed by atoms with Crippen LogP contribution in [0.5, 0.6) is 0 Å². The van der Waals surface area contributed by atoms with Crippen LogP contribution >= 0.6 is 0 Å². The van der Waals surface area contributed by atoms with Crippen LogP contribution in [0.4, 0.5) is 0 Å². The highest BCUT2D eigenvalue weighted by Crippen LogP contribution is 2.72. The fraction of sp³-hybridized carbons (Fsp3) is 0.714. The number of hydrogen-bond acceptors (Lipinski definition) is 4. The Labute approximate surface area is 106 Å². The SMILES string of the molecule is N#CC12CC3CC(C1)CC(C#N)(C3)C2(C#N)C#N. The molecule has 4 nitrogen and oxygen atoms in total.